The van der Waals surface area contributed by atoms with E-state index in [4.69, 9.17) is 27.9 Å². The van der Waals surface area contributed by atoms with E-state index < -0.39 is 34.2 Å². The summed E-state index contributed by atoms with van der Waals surface area (Å²) in [6.07, 6.45) is 0. The number of benzene rings is 3. The van der Waals surface area contributed by atoms with Crippen LogP contribution in [0.4, 0.5) is 0 Å². The van der Waals surface area contributed by atoms with Gasteiger partial charge in [-0.05, 0) is 23.6 Å². The zero-order chi connectivity index (χ0) is 26.9. The Balaban J connectivity index is 1.62. The summed E-state index contributed by atoms with van der Waals surface area (Å²) in [7, 11) is 0. The number of carbonyl (C=O) groups excluding carboxylic acids is 2. The largest absolute Gasteiger partial charge is 0.465 e. The second-order valence-electron chi connectivity index (χ2n) is 9.61. The van der Waals surface area contributed by atoms with E-state index in [0.717, 1.165) is 16.7 Å². The van der Waals surface area contributed by atoms with Gasteiger partial charge in [0.1, 0.15) is 16.3 Å². The number of cyclic esters (lactones) is 1. The van der Waals surface area contributed by atoms with Crippen LogP contribution in [-0.2, 0) is 22.6 Å². The van der Waals surface area contributed by atoms with Crippen molar-refractivity contribution in [1.82, 2.24) is 9.13 Å². The van der Waals surface area contributed by atoms with Crippen LogP contribution in [0.15, 0.2) is 95.8 Å². The summed E-state index contributed by atoms with van der Waals surface area (Å²) >= 11 is 13.7. The molecule has 0 N–H and O–H groups in total. The highest BCUT2D eigenvalue weighted by atomic mass is 35.5. The minimum absolute atomic E-state index is 0.0185. The van der Waals surface area contributed by atoms with Gasteiger partial charge in [-0.1, -0.05) is 103 Å². The number of hydrogen-bond donors (Lipinski definition) is 0. The van der Waals surface area contributed by atoms with Gasteiger partial charge in [0.05, 0.1) is 25.1 Å². The van der Waals surface area contributed by atoms with Gasteiger partial charge < -0.3 is 4.74 Å². The number of carbonyl (C=O) groups is 2. The molecule has 5 rings (SSSR count). The third kappa shape index (κ3) is 4.59. The number of nitrogens with zero attached hydrogens (tertiary/aromatic N) is 2. The summed E-state index contributed by atoms with van der Waals surface area (Å²) in [6.45, 7) is 1.81. The van der Waals surface area contributed by atoms with Crippen molar-refractivity contribution >= 4 is 35.0 Å². The number of imidazole rings is 1. The highest BCUT2D eigenvalue weighted by molar-refractivity contribution is 6.34. The van der Waals surface area contributed by atoms with Crippen molar-refractivity contribution in [2.45, 2.75) is 25.4 Å². The zero-order valence-corrected chi connectivity index (χ0v) is 22.2. The smallest absolute Gasteiger partial charge is 0.330 e. The van der Waals surface area contributed by atoms with Crippen molar-refractivity contribution < 1.29 is 14.3 Å². The first kappa shape index (κ1) is 26.0. The molecule has 1 aromatic heterocycles. The Morgan fingerprint density at radius 3 is 1.95 bits per heavy atom. The topological polar surface area (TPSA) is 70.3 Å². The lowest BCUT2D eigenvalue weighted by Gasteiger charge is -2.29. The number of rotatable bonds is 8. The van der Waals surface area contributed by atoms with Crippen LogP contribution in [0.3, 0.4) is 0 Å². The average molecular weight is 549 g/mol. The van der Waals surface area contributed by atoms with Crippen LogP contribution in [-0.4, -0.2) is 27.5 Å². The molecular weight excluding hydrogens is 523 g/mol. The maximum Gasteiger partial charge on any atom is 0.330 e. The Hall–Kier alpha value is -3.61. The number of ether oxygens (including phenoxy) is 1. The first-order chi connectivity index (χ1) is 18.3. The number of aromatic nitrogens is 2. The highest BCUT2D eigenvalue weighted by Crippen LogP contribution is 2.48. The summed E-state index contributed by atoms with van der Waals surface area (Å²) in [5.41, 5.74) is 0.318. The zero-order valence-electron chi connectivity index (χ0n) is 20.7. The minimum atomic E-state index is -1.64. The molecule has 1 aliphatic heterocycles. The Morgan fingerprint density at radius 1 is 0.895 bits per heavy atom. The van der Waals surface area contributed by atoms with Crippen molar-refractivity contribution in [2.24, 2.45) is 11.3 Å². The number of alkyl halides is 1. The third-order valence-electron chi connectivity index (χ3n) is 7.25. The van der Waals surface area contributed by atoms with Gasteiger partial charge >= 0.3 is 11.7 Å². The van der Waals surface area contributed by atoms with Crippen LogP contribution >= 0.6 is 23.2 Å². The first-order valence-corrected chi connectivity index (χ1v) is 13.1. The number of Topliss-reactive ketones (excluding diaryl/α,β-unsaturated/α-hetero) is 1. The van der Waals surface area contributed by atoms with Gasteiger partial charge in [0.15, 0.2) is 5.78 Å². The molecular formula is C30H26Cl2N2O4. The number of ketones is 1. The number of hydrogen-bond acceptors (Lipinski definition) is 4. The SMILES string of the molecule is C[C@]1(C(=O)c2c(Cl)n(Cc3ccccc3)c(=O)n2Cc2ccccc2)C(=O)OC[C@@H]1[C@H](Cl)c1ccccc1. The van der Waals surface area contributed by atoms with Crippen LogP contribution in [0.5, 0.6) is 0 Å². The molecule has 0 aliphatic carbocycles. The van der Waals surface area contributed by atoms with Gasteiger partial charge in [0.25, 0.3) is 0 Å². The predicted octanol–water partition coefficient (Wildman–Crippen LogP) is 5.74. The molecule has 0 unspecified atom stereocenters. The molecule has 0 spiro atoms. The minimum Gasteiger partial charge on any atom is -0.465 e. The summed E-state index contributed by atoms with van der Waals surface area (Å²) in [4.78, 5) is 41.2. The second kappa shape index (κ2) is 10.6. The summed E-state index contributed by atoms with van der Waals surface area (Å²) in [6, 6.07) is 27.9. The van der Waals surface area contributed by atoms with Crippen LogP contribution in [0.2, 0.25) is 5.15 Å². The average Bonchev–Trinajstić information content (AvgIpc) is 3.37. The van der Waals surface area contributed by atoms with E-state index in [1.807, 2.05) is 91.0 Å². The van der Waals surface area contributed by atoms with Crippen molar-refractivity contribution in [3.63, 3.8) is 0 Å². The van der Waals surface area contributed by atoms with Gasteiger partial charge in [0.2, 0.25) is 0 Å². The normalized spacial score (nSPS) is 19.8. The van der Waals surface area contributed by atoms with Gasteiger partial charge in [0, 0.05) is 5.92 Å². The predicted molar refractivity (Wildman–Crippen MR) is 147 cm³/mol. The maximum absolute atomic E-state index is 14.4. The fraction of sp³-hybridized carbons (Fsp3) is 0.233. The molecule has 3 aromatic carbocycles. The molecule has 38 heavy (non-hydrogen) atoms. The van der Waals surface area contributed by atoms with Crippen molar-refractivity contribution in [3.8, 4) is 0 Å². The number of esters is 1. The molecule has 4 aromatic rings. The third-order valence-corrected chi connectivity index (χ3v) is 8.19. The summed E-state index contributed by atoms with van der Waals surface area (Å²) < 4.78 is 8.13. The monoisotopic (exact) mass is 548 g/mol. The van der Waals surface area contributed by atoms with Crippen LogP contribution in [0.1, 0.15) is 39.5 Å². The van der Waals surface area contributed by atoms with Crippen molar-refractivity contribution in [3.05, 3.63) is 129 Å². The summed E-state index contributed by atoms with van der Waals surface area (Å²) in [5.74, 6) is -1.93. The van der Waals surface area contributed by atoms with Crippen molar-refractivity contribution in [1.29, 1.82) is 0 Å². The molecule has 6 nitrogen and oxygen atoms in total. The molecule has 194 valence electrons. The van der Waals surface area contributed by atoms with Crippen LogP contribution in [0, 0.1) is 11.3 Å². The molecule has 0 saturated carbocycles. The Morgan fingerprint density at radius 2 is 1.39 bits per heavy atom. The van der Waals surface area contributed by atoms with Gasteiger partial charge in [-0.3, -0.25) is 18.7 Å². The second-order valence-corrected chi connectivity index (χ2v) is 10.4. The molecule has 0 amide bonds. The number of halogens is 2. The van der Waals surface area contributed by atoms with E-state index >= 15 is 0 Å². The van der Waals surface area contributed by atoms with E-state index in [9.17, 15) is 14.4 Å². The van der Waals surface area contributed by atoms with E-state index in [1.165, 1.54) is 16.1 Å². The lowest BCUT2D eigenvalue weighted by Crippen LogP contribution is -2.42. The van der Waals surface area contributed by atoms with E-state index in [1.54, 1.807) is 0 Å². The molecule has 0 radical (unpaired) electrons. The quantitative estimate of drug-likeness (QED) is 0.122. The summed E-state index contributed by atoms with van der Waals surface area (Å²) in [5, 5.41) is -0.693. The standard InChI is InChI=1S/C30H26Cl2N2O4/c1-30(23(19-38-28(30)36)24(31)22-15-9-4-10-16-22)26(35)25-27(32)34(18-21-13-7-3-8-14-21)29(37)33(25)17-20-11-5-2-6-12-20/h2-16,23-24H,17-19H2,1H3/t23-,24-,30+/m1/s1. The maximum atomic E-state index is 14.4. The Bertz CT molecular complexity index is 1520. The fourth-order valence-electron chi connectivity index (χ4n) is 4.98. The molecule has 1 saturated heterocycles. The fourth-order valence-corrected chi connectivity index (χ4v) is 5.77. The van der Waals surface area contributed by atoms with Crippen LogP contribution in [0.25, 0.3) is 0 Å². The van der Waals surface area contributed by atoms with Crippen molar-refractivity contribution in [2.75, 3.05) is 6.61 Å². The van der Waals surface area contributed by atoms with Gasteiger partial charge in [-0.2, -0.15) is 0 Å². The van der Waals surface area contributed by atoms with E-state index in [-0.39, 0.29) is 30.5 Å². The Labute approximate surface area is 230 Å². The van der Waals surface area contributed by atoms with Gasteiger partial charge in [-0.25, -0.2) is 4.79 Å². The molecule has 1 fully saturated rings. The van der Waals surface area contributed by atoms with Gasteiger partial charge in [-0.15, -0.1) is 11.6 Å². The molecule has 1 aliphatic rings. The van der Waals surface area contributed by atoms with E-state index in [0.29, 0.717) is 0 Å². The lowest BCUT2D eigenvalue weighted by atomic mass is 9.72. The molecule has 2 heterocycles. The lowest BCUT2D eigenvalue weighted by molar-refractivity contribution is -0.143. The highest BCUT2D eigenvalue weighted by Gasteiger charge is 2.58. The molecule has 0 bridgehead atoms. The van der Waals surface area contributed by atoms with E-state index in [2.05, 4.69) is 0 Å². The molecule has 3 atom stereocenters. The first-order valence-electron chi connectivity index (χ1n) is 12.3. The Kier molecular flexibility index (Phi) is 7.28. The van der Waals surface area contributed by atoms with Crippen LogP contribution < -0.4 is 5.69 Å². The molecule has 8 heteroatoms.